The maximum absolute atomic E-state index is 12.7. The minimum atomic E-state index is -0.0871. The molecule has 0 saturated carbocycles. The number of ether oxygens (including phenoxy) is 2. The molecule has 0 radical (unpaired) electrons. The molecule has 1 amide bonds. The molecule has 6 heteroatoms. The third-order valence-electron chi connectivity index (χ3n) is 4.29. The monoisotopic (exact) mass is 396 g/mol. The highest BCUT2D eigenvalue weighted by molar-refractivity contribution is 7.09. The van der Waals surface area contributed by atoms with Crippen molar-refractivity contribution in [3.05, 3.63) is 76.5 Å². The molecule has 1 N–H and O–H groups in total. The van der Waals surface area contributed by atoms with Gasteiger partial charge >= 0.3 is 0 Å². The normalized spacial score (nSPS) is 10.7. The molecule has 0 aliphatic rings. The molecule has 28 heavy (non-hydrogen) atoms. The van der Waals surface area contributed by atoms with Crippen LogP contribution in [0.5, 0.6) is 11.5 Å². The highest BCUT2D eigenvalue weighted by atomic mass is 32.1. The highest BCUT2D eigenvalue weighted by Gasteiger charge is 2.16. The summed E-state index contributed by atoms with van der Waals surface area (Å²) in [7, 11) is 3.26. The van der Waals surface area contributed by atoms with Crippen LogP contribution in [-0.4, -0.2) is 31.6 Å². The van der Waals surface area contributed by atoms with Crippen LogP contribution in [0.1, 0.15) is 10.4 Å². The van der Waals surface area contributed by atoms with E-state index in [2.05, 4.69) is 16.3 Å². The summed E-state index contributed by atoms with van der Waals surface area (Å²) in [6.07, 6.45) is 0. The standard InChI is InChI=1S/C22H24N2O3S/c1-26-20-11-5-3-8-17(20)14-24(15-18-9-7-13-28-18)16-22(25)23-19-10-4-6-12-21(19)27-2/h3-13H,14-16H2,1-2H3,(H,23,25). The topological polar surface area (TPSA) is 50.8 Å². The van der Waals surface area contributed by atoms with Gasteiger partial charge in [-0.1, -0.05) is 36.4 Å². The number of para-hydroxylation sites is 3. The first-order valence-corrected chi connectivity index (χ1v) is 9.87. The molecule has 1 aromatic heterocycles. The van der Waals surface area contributed by atoms with Gasteiger partial charge in [-0.2, -0.15) is 0 Å². The van der Waals surface area contributed by atoms with E-state index in [0.717, 1.165) is 11.3 Å². The molecular formula is C22H24N2O3S. The summed E-state index contributed by atoms with van der Waals surface area (Å²) < 4.78 is 10.8. The van der Waals surface area contributed by atoms with E-state index < -0.39 is 0 Å². The lowest BCUT2D eigenvalue weighted by Gasteiger charge is -2.22. The van der Waals surface area contributed by atoms with Crippen molar-refractivity contribution in [2.24, 2.45) is 0 Å². The van der Waals surface area contributed by atoms with Crippen molar-refractivity contribution in [1.29, 1.82) is 0 Å². The van der Waals surface area contributed by atoms with Crippen molar-refractivity contribution in [2.75, 3.05) is 26.1 Å². The first kappa shape index (κ1) is 19.9. The lowest BCUT2D eigenvalue weighted by molar-refractivity contribution is -0.117. The number of anilines is 1. The van der Waals surface area contributed by atoms with Gasteiger partial charge in [-0.15, -0.1) is 11.3 Å². The number of hydrogen-bond donors (Lipinski definition) is 1. The van der Waals surface area contributed by atoms with Crippen LogP contribution >= 0.6 is 11.3 Å². The number of benzene rings is 2. The maximum Gasteiger partial charge on any atom is 0.238 e. The number of amides is 1. The molecule has 0 aliphatic heterocycles. The fraction of sp³-hybridized carbons (Fsp3) is 0.227. The summed E-state index contributed by atoms with van der Waals surface area (Å²) in [5.74, 6) is 1.38. The Labute approximate surface area is 169 Å². The number of carbonyl (C=O) groups excluding carboxylic acids is 1. The minimum absolute atomic E-state index is 0.0871. The number of nitrogens with one attached hydrogen (secondary N) is 1. The lowest BCUT2D eigenvalue weighted by Crippen LogP contribution is -2.32. The van der Waals surface area contributed by atoms with Gasteiger partial charge in [0.05, 0.1) is 26.5 Å². The Morgan fingerprint density at radius 2 is 1.64 bits per heavy atom. The van der Waals surface area contributed by atoms with Crippen LogP contribution in [-0.2, 0) is 17.9 Å². The van der Waals surface area contributed by atoms with Crippen LogP contribution in [0.3, 0.4) is 0 Å². The summed E-state index contributed by atoms with van der Waals surface area (Å²) in [6.45, 7) is 1.56. The Bertz CT molecular complexity index is 896. The average Bonchev–Trinajstić information content (AvgIpc) is 3.21. The highest BCUT2D eigenvalue weighted by Crippen LogP contribution is 2.24. The summed E-state index contributed by atoms with van der Waals surface area (Å²) in [5.41, 5.74) is 1.72. The molecule has 5 nitrogen and oxygen atoms in total. The molecule has 0 fully saturated rings. The molecule has 146 valence electrons. The number of carbonyl (C=O) groups is 1. The van der Waals surface area contributed by atoms with E-state index in [4.69, 9.17) is 9.47 Å². The number of methoxy groups -OCH3 is 2. The summed E-state index contributed by atoms with van der Waals surface area (Å²) in [6, 6.07) is 19.4. The Morgan fingerprint density at radius 3 is 2.36 bits per heavy atom. The molecule has 0 aliphatic carbocycles. The van der Waals surface area contributed by atoms with Gasteiger partial charge in [0.2, 0.25) is 5.91 Å². The van der Waals surface area contributed by atoms with Gasteiger partial charge in [0, 0.05) is 23.5 Å². The summed E-state index contributed by atoms with van der Waals surface area (Å²) >= 11 is 1.68. The third-order valence-corrected chi connectivity index (χ3v) is 5.16. The largest absolute Gasteiger partial charge is 0.496 e. The zero-order valence-corrected chi connectivity index (χ0v) is 16.9. The predicted molar refractivity (Wildman–Crippen MR) is 113 cm³/mol. The molecule has 3 aromatic rings. The number of hydrogen-bond acceptors (Lipinski definition) is 5. The van der Waals surface area contributed by atoms with E-state index in [9.17, 15) is 4.79 Å². The van der Waals surface area contributed by atoms with E-state index in [1.165, 1.54) is 4.88 Å². The van der Waals surface area contributed by atoms with Crippen LogP contribution in [0.15, 0.2) is 66.0 Å². The first-order valence-electron chi connectivity index (χ1n) is 8.99. The molecule has 0 unspecified atom stereocenters. The van der Waals surface area contributed by atoms with Crippen LogP contribution in [0.4, 0.5) is 5.69 Å². The molecule has 0 bridgehead atoms. The average molecular weight is 397 g/mol. The van der Waals surface area contributed by atoms with Crippen LogP contribution < -0.4 is 14.8 Å². The van der Waals surface area contributed by atoms with Gasteiger partial charge < -0.3 is 14.8 Å². The smallest absolute Gasteiger partial charge is 0.238 e. The van der Waals surface area contributed by atoms with Crippen molar-refractivity contribution in [1.82, 2.24) is 4.90 Å². The van der Waals surface area contributed by atoms with Crippen LogP contribution in [0.25, 0.3) is 0 Å². The van der Waals surface area contributed by atoms with E-state index in [1.54, 1.807) is 25.6 Å². The summed E-state index contributed by atoms with van der Waals surface area (Å²) in [4.78, 5) is 16.0. The molecule has 0 atom stereocenters. The van der Waals surface area contributed by atoms with E-state index in [-0.39, 0.29) is 12.5 Å². The number of rotatable bonds is 9. The van der Waals surface area contributed by atoms with Crippen molar-refractivity contribution >= 4 is 22.9 Å². The predicted octanol–water partition coefficient (Wildman–Crippen LogP) is 4.41. The van der Waals surface area contributed by atoms with Crippen molar-refractivity contribution in [3.63, 3.8) is 0 Å². The lowest BCUT2D eigenvalue weighted by atomic mass is 10.2. The molecule has 2 aromatic carbocycles. The second-order valence-corrected chi connectivity index (χ2v) is 7.32. The van der Waals surface area contributed by atoms with Crippen LogP contribution in [0, 0.1) is 0 Å². The molecule has 3 rings (SSSR count). The molecule has 1 heterocycles. The Kier molecular flexibility index (Phi) is 7.06. The zero-order chi connectivity index (χ0) is 19.8. The summed E-state index contributed by atoms with van der Waals surface area (Å²) in [5, 5.41) is 5.00. The van der Waals surface area contributed by atoms with E-state index in [0.29, 0.717) is 24.5 Å². The van der Waals surface area contributed by atoms with E-state index >= 15 is 0 Å². The number of thiophene rings is 1. The van der Waals surface area contributed by atoms with Crippen LogP contribution in [0.2, 0.25) is 0 Å². The minimum Gasteiger partial charge on any atom is -0.496 e. The van der Waals surface area contributed by atoms with Gasteiger partial charge in [-0.05, 0) is 29.6 Å². The quantitative estimate of drug-likeness (QED) is 0.582. The molecular weight excluding hydrogens is 372 g/mol. The van der Waals surface area contributed by atoms with Gasteiger partial charge in [0.1, 0.15) is 11.5 Å². The van der Waals surface area contributed by atoms with Gasteiger partial charge in [-0.25, -0.2) is 0 Å². The molecule has 0 saturated heterocycles. The Balaban J connectivity index is 1.74. The fourth-order valence-corrected chi connectivity index (χ4v) is 3.75. The fourth-order valence-electron chi connectivity index (χ4n) is 3.01. The van der Waals surface area contributed by atoms with Gasteiger partial charge in [0.25, 0.3) is 0 Å². The Morgan fingerprint density at radius 1 is 0.929 bits per heavy atom. The maximum atomic E-state index is 12.7. The SMILES string of the molecule is COc1ccccc1CN(CC(=O)Nc1ccccc1OC)Cc1cccs1. The van der Waals surface area contributed by atoms with Gasteiger partial charge in [0.15, 0.2) is 0 Å². The first-order chi connectivity index (χ1) is 13.7. The van der Waals surface area contributed by atoms with Gasteiger partial charge in [-0.3, -0.25) is 9.69 Å². The van der Waals surface area contributed by atoms with E-state index in [1.807, 2.05) is 60.0 Å². The third kappa shape index (κ3) is 5.34. The van der Waals surface area contributed by atoms with Crippen molar-refractivity contribution in [3.8, 4) is 11.5 Å². The van der Waals surface area contributed by atoms with Crippen molar-refractivity contribution < 1.29 is 14.3 Å². The van der Waals surface area contributed by atoms with Crippen molar-refractivity contribution in [2.45, 2.75) is 13.1 Å². The second-order valence-electron chi connectivity index (χ2n) is 6.28. The molecule has 0 spiro atoms. The Hall–Kier alpha value is -2.83. The number of nitrogens with zero attached hydrogens (tertiary/aromatic N) is 1. The second kappa shape index (κ2) is 9.92. The zero-order valence-electron chi connectivity index (χ0n) is 16.1.